The molecule has 2 aromatic rings. The zero-order chi connectivity index (χ0) is 27.3. The molecule has 0 unspecified atom stereocenters. The molecule has 2 rings (SSSR count). The molecule has 2 aromatic carbocycles. The number of amides is 2. The Morgan fingerprint density at radius 2 is 1.03 bits per heavy atom. The Hall–Kier alpha value is -3.68. The fourth-order valence-electron chi connectivity index (χ4n) is 3.36. The number of nitrogens with one attached hydrogen (secondary N) is 2. The first-order valence-electron chi connectivity index (χ1n) is 13.7. The average Bonchev–Trinajstić information content (AvgIpc) is 2.92. The SMILES string of the molecule is CCCCOc1ccc(/C=N/NC(=O)CCCCCCC(=O)N/N=C/c2ccc(OCCCC)cc2)cc1. The van der Waals surface area contributed by atoms with Crippen molar-refractivity contribution < 1.29 is 19.1 Å². The molecule has 2 N–H and O–H groups in total. The third kappa shape index (κ3) is 14.2. The summed E-state index contributed by atoms with van der Waals surface area (Å²) in [4.78, 5) is 23.9. The van der Waals surface area contributed by atoms with Gasteiger partial charge in [0.1, 0.15) is 11.5 Å². The second kappa shape index (κ2) is 19.4. The molecule has 0 heterocycles. The number of ether oxygens (including phenoxy) is 2. The van der Waals surface area contributed by atoms with Gasteiger partial charge in [0.25, 0.3) is 0 Å². The van der Waals surface area contributed by atoms with Crippen molar-refractivity contribution in [3.8, 4) is 11.5 Å². The van der Waals surface area contributed by atoms with Gasteiger partial charge in [-0.05, 0) is 85.3 Å². The van der Waals surface area contributed by atoms with Gasteiger partial charge in [0, 0.05) is 12.8 Å². The molecule has 2 amide bonds. The predicted octanol–water partition coefficient (Wildman–Crippen LogP) is 5.99. The van der Waals surface area contributed by atoms with Gasteiger partial charge in [-0.1, -0.05) is 39.5 Å². The molecule has 0 saturated carbocycles. The molecule has 0 atom stereocenters. The molecule has 0 spiro atoms. The summed E-state index contributed by atoms with van der Waals surface area (Å²) in [7, 11) is 0. The van der Waals surface area contributed by atoms with Crippen molar-refractivity contribution in [3.05, 3.63) is 59.7 Å². The number of benzene rings is 2. The topological polar surface area (TPSA) is 101 Å². The second-order valence-electron chi connectivity index (χ2n) is 9.04. The maximum atomic E-state index is 12.0. The zero-order valence-corrected chi connectivity index (χ0v) is 22.8. The Balaban J connectivity index is 1.50. The van der Waals surface area contributed by atoms with E-state index in [-0.39, 0.29) is 11.8 Å². The minimum Gasteiger partial charge on any atom is -0.494 e. The Bertz CT molecular complexity index is 907. The highest BCUT2D eigenvalue weighted by molar-refractivity contribution is 5.83. The van der Waals surface area contributed by atoms with Gasteiger partial charge >= 0.3 is 0 Å². The zero-order valence-electron chi connectivity index (χ0n) is 22.8. The molecule has 0 aliphatic heterocycles. The van der Waals surface area contributed by atoms with Crippen molar-refractivity contribution in [1.29, 1.82) is 0 Å². The lowest BCUT2D eigenvalue weighted by Crippen LogP contribution is -2.17. The molecule has 8 nitrogen and oxygen atoms in total. The van der Waals surface area contributed by atoms with Crippen LogP contribution in [0.5, 0.6) is 11.5 Å². The van der Waals surface area contributed by atoms with E-state index in [1.807, 2.05) is 48.5 Å². The summed E-state index contributed by atoms with van der Waals surface area (Å²) < 4.78 is 11.3. The number of hydrogen-bond donors (Lipinski definition) is 2. The molecular formula is C30H42N4O4. The molecular weight excluding hydrogens is 480 g/mol. The number of carbonyl (C=O) groups is 2. The highest BCUT2D eigenvalue weighted by Crippen LogP contribution is 2.13. The number of hydrazone groups is 2. The maximum absolute atomic E-state index is 12.0. The third-order valence-corrected chi connectivity index (χ3v) is 5.66. The molecule has 0 aliphatic carbocycles. The van der Waals surface area contributed by atoms with Gasteiger partial charge < -0.3 is 9.47 Å². The van der Waals surface area contributed by atoms with Gasteiger partial charge in [-0.2, -0.15) is 10.2 Å². The van der Waals surface area contributed by atoms with Crippen molar-refractivity contribution in [2.45, 2.75) is 78.1 Å². The van der Waals surface area contributed by atoms with Crippen LogP contribution in [0.3, 0.4) is 0 Å². The standard InChI is InChI=1S/C30H42N4O4/c1-3-5-21-37-27-17-13-25(14-18-27)23-31-33-29(35)11-9-7-8-10-12-30(36)34-32-24-26-15-19-28(20-16-26)38-22-6-4-2/h13-20,23-24H,3-12,21-22H2,1-2H3,(H,33,35)(H,34,36)/b31-23+,32-24+. The maximum Gasteiger partial charge on any atom is 0.240 e. The van der Waals surface area contributed by atoms with Crippen molar-refractivity contribution in [1.82, 2.24) is 10.9 Å². The van der Waals surface area contributed by atoms with E-state index in [9.17, 15) is 9.59 Å². The van der Waals surface area contributed by atoms with Gasteiger partial charge in [0.05, 0.1) is 25.6 Å². The number of rotatable bonds is 19. The lowest BCUT2D eigenvalue weighted by molar-refractivity contribution is -0.122. The van der Waals surface area contributed by atoms with Crippen LogP contribution in [-0.2, 0) is 9.59 Å². The first-order valence-corrected chi connectivity index (χ1v) is 13.7. The summed E-state index contributed by atoms with van der Waals surface area (Å²) in [6, 6.07) is 15.2. The van der Waals surface area contributed by atoms with Gasteiger partial charge in [-0.15, -0.1) is 0 Å². The van der Waals surface area contributed by atoms with Crippen LogP contribution in [-0.4, -0.2) is 37.5 Å². The lowest BCUT2D eigenvalue weighted by Gasteiger charge is -2.05. The van der Waals surface area contributed by atoms with E-state index in [2.05, 4.69) is 34.9 Å². The number of carbonyl (C=O) groups excluding carboxylic acids is 2. The monoisotopic (exact) mass is 522 g/mol. The molecule has 38 heavy (non-hydrogen) atoms. The van der Waals surface area contributed by atoms with Gasteiger partial charge in [0.2, 0.25) is 11.8 Å². The van der Waals surface area contributed by atoms with Crippen molar-refractivity contribution >= 4 is 24.2 Å². The van der Waals surface area contributed by atoms with Crippen molar-refractivity contribution in [2.75, 3.05) is 13.2 Å². The van der Waals surface area contributed by atoms with E-state index in [1.165, 1.54) is 0 Å². The van der Waals surface area contributed by atoms with Crippen LogP contribution in [0.2, 0.25) is 0 Å². The van der Waals surface area contributed by atoms with E-state index in [1.54, 1.807) is 12.4 Å². The van der Waals surface area contributed by atoms with E-state index in [0.29, 0.717) is 26.1 Å². The summed E-state index contributed by atoms with van der Waals surface area (Å²) in [5.74, 6) is 1.43. The number of nitrogens with zero attached hydrogens (tertiary/aromatic N) is 2. The summed E-state index contributed by atoms with van der Waals surface area (Å²) in [6.45, 7) is 5.69. The predicted molar refractivity (Wildman–Crippen MR) is 153 cm³/mol. The van der Waals surface area contributed by atoms with Crippen molar-refractivity contribution in [2.24, 2.45) is 10.2 Å². The molecule has 206 valence electrons. The molecule has 0 radical (unpaired) electrons. The van der Waals surface area contributed by atoms with Crippen LogP contribution in [0, 0.1) is 0 Å². The van der Waals surface area contributed by atoms with Gasteiger partial charge in [0.15, 0.2) is 0 Å². The lowest BCUT2D eigenvalue weighted by atomic mass is 10.1. The van der Waals surface area contributed by atoms with E-state index in [0.717, 1.165) is 74.0 Å². The Labute approximate surface area is 226 Å². The average molecular weight is 523 g/mol. The molecule has 0 saturated heterocycles. The second-order valence-corrected chi connectivity index (χ2v) is 9.04. The quantitative estimate of drug-likeness (QED) is 0.134. The van der Waals surface area contributed by atoms with Crippen LogP contribution in [0.15, 0.2) is 58.7 Å². The fraction of sp³-hybridized carbons (Fsp3) is 0.467. The van der Waals surface area contributed by atoms with E-state index < -0.39 is 0 Å². The smallest absolute Gasteiger partial charge is 0.240 e. The number of unbranched alkanes of at least 4 members (excludes halogenated alkanes) is 5. The largest absolute Gasteiger partial charge is 0.494 e. The third-order valence-electron chi connectivity index (χ3n) is 5.66. The first-order chi connectivity index (χ1) is 18.6. The van der Waals surface area contributed by atoms with E-state index >= 15 is 0 Å². The number of hydrogen-bond acceptors (Lipinski definition) is 6. The Kier molecular flexibility index (Phi) is 15.6. The highest BCUT2D eigenvalue weighted by Gasteiger charge is 2.02. The summed E-state index contributed by atoms with van der Waals surface area (Å²) >= 11 is 0. The Morgan fingerprint density at radius 1 is 0.632 bits per heavy atom. The first kappa shape index (κ1) is 30.5. The summed E-state index contributed by atoms with van der Waals surface area (Å²) in [5, 5.41) is 8.03. The van der Waals surface area contributed by atoms with E-state index in [4.69, 9.17) is 9.47 Å². The van der Waals surface area contributed by atoms with Gasteiger partial charge in [-0.25, -0.2) is 10.9 Å². The van der Waals surface area contributed by atoms with Crippen LogP contribution in [0.25, 0.3) is 0 Å². The Morgan fingerprint density at radius 3 is 1.39 bits per heavy atom. The molecule has 0 aliphatic rings. The normalized spacial score (nSPS) is 11.1. The molecule has 0 bridgehead atoms. The van der Waals surface area contributed by atoms with Crippen LogP contribution in [0.4, 0.5) is 0 Å². The van der Waals surface area contributed by atoms with Gasteiger partial charge in [-0.3, -0.25) is 9.59 Å². The molecule has 8 heteroatoms. The molecule has 0 aromatic heterocycles. The van der Waals surface area contributed by atoms with Crippen LogP contribution in [0.1, 0.15) is 89.2 Å². The van der Waals surface area contributed by atoms with Crippen LogP contribution >= 0.6 is 0 Å². The highest BCUT2D eigenvalue weighted by atomic mass is 16.5. The van der Waals surface area contributed by atoms with Crippen molar-refractivity contribution in [3.63, 3.8) is 0 Å². The summed E-state index contributed by atoms with van der Waals surface area (Å²) in [6.07, 6.45) is 11.6. The summed E-state index contributed by atoms with van der Waals surface area (Å²) in [5.41, 5.74) is 6.90. The van der Waals surface area contributed by atoms with Crippen LogP contribution < -0.4 is 20.3 Å². The fourth-order valence-corrected chi connectivity index (χ4v) is 3.36. The minimum atomic E-state index is -0.117. The molecule has 0 fully saturated rings. The minimum absolute atomic E-state index is 0.117.